The van der Waals surface area contributed by atoms with Gasteiger partial charge < -0.3 is 0 Å². The van der Waals surface area contributed by atoms with E-state index in [0.717, 1.165) is 12.8 Å². The first kappa shape index (κ1) is 14.2. The van der Waals surface area contributed by atoms with Crippen LogP contribution in [0.25, 0.3) is 0 Å². The van der Waals surface area contributed by atoms with Crippen molar-refractivity contribution in [1.82, 2.24) is 0 Å². The van der Waals surface area contributed by atoms with E-state index in [1.165, 1.54) is 18.1 Å². The predicted octanol–water partition coefficient (Wildman–Crippen LogP) is 3.95. The van der Waals surface area contributed by atoms with Crippen molar-refractivity contribution >= 4 is 0 Å². The minimum atomic E-state index is -1.54. The Kier molecular flexibility index (Phi) is 4.31. The lowest BCUT2D eigenvalue weighted by Gasteiger charge is -2.20. The van der Waals surface area contributed by atoms with Crippen LogP contribution in [0, 0.1) is 0 Å². The molecule has 0 heterocycles. The summed E-state index contributed by atoms with van der Waals surface area (Å²) in [6, 6.07) is 8.53. The van der Waals surface area contributed by atoms with Gasteiger partial charge in [0.1, 0.15) is 0 Å². The van der Waals surface area contributed by atoms with Gasteiger partial charge in [0.05, 0.1) is 0 Å². The molecule has 0 saturated carbocycles. The number of hydrogen-bond acceptors (Lipinski definition) is 1. The molecule has 0 fully saturated rings. The van der Waals surface area contributed by atoms with E-state index in [1.807, 2.05) is 0 Å². The lowest BCUT2D eigenvalue weighted by molar-refractivity contribution is 0.181. The third kappa shape index (κ3) is 5.31. The summed E-state index contributed by atoms with van der Waals surface area (Å²) in [7, 11) is 0. The molecule has 1 nitrogen and oxygen atoms in total. The van der Waals surface area contributed by atoms with Gasteiger partial charge in [-0.05, 0) is 42.7 Å². The Labute approximate surface area is 104 Å². The fraction of sp³-hybridized carbons (Fsp3) is 0.600. The molecular weight excluding hydrogens is 213 g/mol. The summed E-state index contributed by atoms with van der Waals surface area (Å²) in [6.45, 7) is 8.03. The molecular formula is C15H24FN. The third-order valence-corrected chi connectivity index (χ3v) is 2.92. The van der Waals surface area contributed by atoms with E-state index in [0.29, 0.717) is 6.42 Å². The highest BCUT2D eigenvalue weighted by Gasteiger charge is 2.16. The average Bonchev–Trinajstić information content (AvgIpc) is 2.15. The standard InChI is InChI=1S/C15H24FN/c1-14(2,3)13-9-5-7-12(11-13)8-6-10-15(4,16)17/h5,7,9,11H,6,8,10,17H2,1-4H3. The maximum Gasteiger partial charge on any atom is 0.156 e. The van der Waals surface area contributed by atoms with Gasteiger partial charge in [0, 0.05) is 0 Å². The summed E-state index contributed by atoms with van der Waals surface area (Å²) < 4.78 is 13.1. The van der Waals surface area contributed by atoms with Crippen molar-refractivity contribution < 1.29 is 4.39 Å². The molecule has 0 aliphatic rings. The van der Waals surface area contributed by atoms with Gasteiger partial charge in [0.15, 0.2) is 5.79 Å². The highest BCUT2D eigenvalue weighted by Crippen LogP contribution is 2.23. The first-order chi connectivity index (χ1) is 7.68. The Balaban J connectivity index is 2.61. The summed E-state index contributed by atoms with van der Waals surface area (Å²) >= 11 is 0. The number of alkyl halides is 1. The van der Waals surface area contributed by atoms with E-state index in [-0.39, 0.29) is 5.41 Å². The molecule has 0 bridgehead atoms. The van der Waals surface area contributed by atoms with Crippen molar-refractivity contribution in [3.8, 4) is 0 Å². The summed E-state index contributed by atoms with van der Waals surface area (Å²) in [6.07, 6.45) is 2.09. The zero-order valence-electron chi connectivity index (χ0n) is 11.4. The van der Waals surface area contributed by atoms with Crippen LogP contribution in [-0.2, 0) is 11.8 Å². The Morgan fingerprint density at radius 3 is 2.35 bits per heavy atom. The second-order valence-electron chi connectivity index (χ2n) is 6.08. The summed E-state index contributed by atoms with van der Waals surface area (Å²) in [5.74, 6) is -1.54. The fourth-order valence-electron chi connectivity index (χ4n) is 1.83. The maximum absolute atomic E-state index is 13.1. The molecule has 2 heteroatoms. The molecule has 0 aromatic heterocycles. The van der Waals surface area contributed by atoms with Crippen LogP contribution in [0.5, 0.6) is 0 Å². The van der Waals surface area contributed by atoms with Gasteiger partial charge in [-0.15, -0.1) is 0 Å². The van der Waals surface area contributed by atoms with Crippen molar-refractivity contribution in [2.45, 2.75) is 58.2 Å². The monoisotopic (exact) mass is 237 g/mol. The van der Waals surface area contributed by atoms with Gasteiger partial charge in [-0.1, -0.05) is 45.0 Å². The Morgan fingerprint density at radius 1 is 1.18 bits per heavy atom. The van der Waals surface area contributed by atoms with Crippen molar-refractivity contribution in [3.05, 3.63) is 35.4 Å². The highest BCUT2D eigenvalue weighted by molar-refractivity contribution is 5.28. The topological polar surface area (TPSA) is 26.0 Å². The van der Waals surface area contributed by atoms with Crippen molar-refractivity contribution in [3.63, 3.8) is 0 Å². The van der Waals surface area contributed by atoms with E-state index >= 15 is 0 Å². The summed E-state index contributed by atoms with van der Waals surface area (Å²) in [5, 5.41) is 0. The fourth-order valence-corrected chi connectivity index (χ4v) is 1.83. The van der Waals surface area contributed by atoms with Gasteiger partial charge >= 0.3 is 0 Å². The highest BCUT2D eigenvalue weighted by atomic mass is 19.1. The van der Waals surface area contributed by atoms with Crippen LogP contribution in [0.3, 0.4) is 0 Å². The van der Waals surface area contributed by atoms with Crippen LogP contribution in [0.2, 0.25) is 0 Å². The minimum absolute atomic E-state index is 0.165. The molecule has 2 N–H and O–H groups in total. The Bertz CT molecular complexity index is 358. The zero-order valence-corrected chi connectivity index (χ0v) is 11.4. The van der Waals surface area contributed by atoms with Crippen LogP contribution < -0.4 is 5.73 Å². The van der Waals surface area contributed by atoms with Gasteiger partial charge in [-0.3, -0.25) is 5.73 Å². The van der Waals surface area contributed by atoms with E-state index in [9.17, 15) is 4.39 Å². The van der Waals surface area contributed by atoms with E-state index in [1.54, 1.807) is 0 Å². The number of nitrogens with two attached hydrogens (primary N) is 1. The van der Waals surface area contributed by atoms with Gasteiger partial charge in [-0.25, -0.2) is 4.39 Å². The molecule has 0 aliphatic carbocycles. The Hall–Kier alpha value is -0.890. The van der Waals surface area contributed by atoms with Gasteiger partial charge in [0.2, 0.25) is 0 Å². The largest absolute Gasteiger partial charge is 0.299 e. The smallest absolute Gasteiger partial charge is 0.156 e. The van der Waals surface area contributed by atoms with Crippen LogP contribution in [0.4, 0.5) is 4.39 Å². The van der Waals surface area contributed by atoms with Crippen LogP contribution in [0.15, 0.2) is 24.3 Å². The number of aryl methyl sites for hydroxylation is 1. The molecule has 1 aromatic carbocycles. The van der Waals surface area contributed by atoms with Crippen molar-refractivity contribution in [2.75, 3.05) is 0 Å². The van der Waals surface area contributed by atoms with E-state index < -0.39 is 5.79 Å². The zero-order chi connectivity index (χ0) is 13.1. The molecule has 0 aliphatic heterocycles. The molecule has 0 radical (unpaired) electrons. The molecule has 1 atom stereocenters. The maximum atomic E-state index is 13.1. The molecule has 0 saturated heterocycles. The van der Waals surface area contributed by atoms with Crippen LogP contribution >= 0.6 is 0 Å². The quantitative estimate of drug-likeness (QED) is 0.788. The molecule has 96 valence electrons. The Morgan fingerprint density at radius 2 is 1.82 bits per heavy atom. The molecule has 1 rings (SSSR count). The molecule has 1 aromatic rings. The second kappa shape index (κ2) is 5.18. The van der Waals surface area contributed by atoms with Crippen LogP contribution in [0.1, 0.15) is 51.7 Å². The minimum Gasteiger partial charge on any atom is -0.299 e. The van der Waals surface area contributed by atoms with Gasteiger partial charge in [0.25, 0.3) is 0 Å². The van der Waals surface area contributed by atoms with E-state index in [4.69, 9.17) is 5.73 Å². The normalized spacial score (nSPS) is 15.6. The first-order valence-electron chi connectivity index (χ1n) is 6.26. The lowest BCUT2D eigenvalue weighted by atomic mass is 9.86. The summed E-state index contributed by atoms with van der Waals surface area (Å²) in [4.78, 5) is 0. The van der Waals surface area contributed by atoms with Crippen molar-refractivity contribution in [2.24, 2.45) is 5.73 Å². The third-order valence-electron chi connectivity index (χ3n) is 2.92. The lowest BCUT2D eigenvalue weighted by Crippen LogP contribution is -2.29. The van der Waals surface area contributed by atoms with E-state index in [2.05, 4.69) is 45.0 Å². The number of benzene rings is 1. The van der Waals surface area contributed by atoms with Crippen LogP contribution in [-0.4, -0.2) is 5.79 Å². The molecule has 17 heavy (non-hydrogen) atoms. The molecule has 0 amide bonds. The number of rotatable bonds is 4. The first-order valence-corrected chi connectivity index (χ1v) is 6.26. The number of halogens is 1. The van der Waals surface area contributed by atoms with Gasteiger partial charge in [-0.2, -0.15) is 0 Å². The summed E-state index contributed by atoms with van der Waals surface area (Å²) in [5.41, 5.74) is 8.09. The average molecular weight is 237 g/mol. The second-order valence-corrected chi connectivity index (χ2v) is 6.08. The van der Waals surface area contributed by atoms with Crippen molar-refractivity contribution in [1.29, 1.82) is 0 Å². The number of hydrogen-bond donors (Lipinski definition) is 1. The predicted molar refractivity (Wildman–Crippen MR) is 71.8 cm³/mol. The molecule has 0 spiro atoms. The SMILES string of the molecule is CC(N)(F)CCCc1cccc(C(C)(C)C)c1. The molecule has 1 unspecified atom stereocenters.